The lowest BCUT2D eigenvalue weighted by molar-refractivity contribution is 0.340. The molecule has 0 aliphatic carbocycles. The molecule has 0 saturated heterocycles. The summed E-state index contributed by atoms with van der Waals surface area (Å²) in [5.41, 5.74) is 6.37. The van der Waals surface area contributed by atoms with Crippen LogP contribution in [0, 0.1) is 0 Å². The highest BCUT2D eigenvalue weighted by molar-refractivity contribution is 5.99. The SMILES string of the molecule is CCOc1cc(-c2ccc[nH]2)[nH]c1/C=C1\C=CC(CCc2ccccc2)=N1. The third-order valence-electron chi connectivity index (χ3n) is 4.52. The van der Waals surface area contributed by atoms with Gasteiger partial charge in [0.05, 0.1) is 29.4 Å². The Morgan fingerprint density at radius 1 is 1.00 bits per heavy atom. The number of benzene rings is 1. The quantitative estimate of drug-likeness (QED) is 0.585. The Labute approximate surface area is 159 Å². The highest BCUT2D eigenvalue weighted by Crippen LogP contribution is 2.29. The van der Waals surface area contributed by atoms with Crippen LogP contribution in [0.25, 0.3) is 17.5 Å². The van der Waals surface area contributed by atoms with Crippen LogP contribution in [-0.2, 0) is 6.42 Å². The van der Waals surface area contributed by atoms with Crippen molar-refractivity contribution in [3.8, 4) is 17.1 Å². The Morgan fingerprint density at radius 2 is 1.89 bits per heavy atom. The van der Waals surface area contributed by atoms with Crippen LogP contribution in [0.2, 0.25) is 0 Å². The van der Waals surface area contributed by atoms with Crippen molar-refractivity contribution in [3.63, 3.8) is 0 Å². The van der Waals surface area contributed by atoms with Gasteiger partial charge in [0.1, 0.15) is 5.75 Å². The van der Waals surface area contributed by atoms with E-state index in [1.165, 1.54) is 5.56 Å². The molecule has 2 N–H and O–H groups in total. The molecule has 3 heterocycles. The van der Waals surface area contributed by atoms with Crippen LogP contribution in [0.15, 0.2) is 77.6 Å². The second-order valence-electron chi connectivity index (χ2n) is 6.47. The van der Waals surface area contributed by atoms with Crippen LogP contribution >= 0.6 is 0 Å². The van der Waals surface area contributed by atoms with Crippen LogP contribution in [0.4, 0.5) is 0 Å². The first-order valence-electron chi connectivity index (χ1n) is 9.32. The zero-order valence-corrected chi connectivity index (χ0v) is 15.4. The molecule has 0 spiro atoms. The summed E-state index contributed by atoms with van der Waals surface area (Å²) in [6.07, 6.45) is 10.1. The normalized spacial score (nSPS) is 14.7. The third kappa shape index (κ3) is 4.11. The molecular formula is C23H23N3O. The zero-order chi connectivity index (χ0) is 18.5. The van der Waals surface area contributed by atoms with Gasteiger partial charge in [-0.3, -0.25) is 4.99 Å². The number of aliphatic imine (C=N–C) groups is 1. The fourth-order valence-electron chi connectivity index (χ4n) is 3.18. The van der Waals surface area contributed by atoms with Gasteiger partial charge in [-0.05, 0) is 55.7 Å². The Hall–Kier alpha value is -3.27. The van der Waals surface area contributed by atoms with E-state index >= 15 is 0 Å². The van der Waals surface area contributed by atoms with Crippen LogP contribution in [0.3, 0.4) is 0 Å². The summed E-state index contributed by atoms with van der Waals surface area (Å²) in [4.78, 5) is 11.4. The summed E-state index contributed by atoms with van der Waals surface area (Å²) in [6, 6.07) is 16.6. The van der Waals surface area contributed by atoms with Gasteiger partial charge in [-0.25, -0.2) is 0 Å². The fraction of sp³-hybridized carbons (Fsp3) is 0.174. The summed E-state index contributed by atoms with van der Waals surface area (Å²) in [7, 11) is 0. The predicted octanol–water partition coefficient (Wildman–Crippen LogP) is 5.39. The molecule has 0 amide bonds. The minimum absolute atomic E-state index is 0.625. The molecule has 4 heteroatoms. The molecule has 1 aromatic carbocycles. The Kier molecular flexibility index (Phi) is 5.06. The van der Waals surface area contributed by atoms with Crippen molar-refractivity contribution in [1.29, 1.82) is 0 Å². The maximum absolute atomic E-state index is 5.80. The molecule has 136 valence electrons. The average molecular weight is 357 g/mol. The van der Waals surface area contributed by atoms with E-state index in [9.17, 15) is 0 Å². The maximum Gasteiger partial charge on any atom is 0.144 e. The molecule has 27 heavy (non-hydrogen) atoms. The van der Waals surface area contributed by atoms with Crippen LogP contribution in [-0.4, -0.2) is 22.3 Å². The van der Waals surface area contributed by atoms with Gasteiger partial charge in [-0.15, -0.1) is 0 Å². The number of hydrogen-bond donors (Lipinski definition) is 2. The highest BCUT2D eigenvalue weighted by atomic mass is 16.5. The van der Waals surface area contributed by atoms with E-state index in [4.69, 9.17) is 9.73 Å². The smallest absolute Gasteiger partial charge is 0.144 e. The van der Waals surface area contributed by atoms with Crippen LogP contribution in [0.1, 0.15) is 24.6 Å². The van der Waals surface area contributed by atoms with Gasteiger partial charge >= 0.3 is 0 Å². The Morgan fingerprint density at radius 3 is 2.67 bits per heavy atom. The average Bonchev–Trinajstić information content (AvgIpc) is 3.43. The van der Waals surface area contributed by atoms with Crippen molar-refractivity contribution in [3.05, 3.63) is 83.8 Å². The van der Waals surface area contributed by atoms with E-state index in [-0.39, 0.29) is 0 Å². The van der Waals surface area contributed by atoms with E-state index in [0.29, 0.717) is 6.61 Å². The monoisotopic (exact) mass is 357 g/mol. The molecule has 3 aromatic rings. The standard InChI is InChI=1S/C23H23N3O/c1-2-27-23-16-21(20-9-6-14-24-20)26-22(23)15-19-13-12-18(25-19)11-10-17-7-4-3-5-8-17/h3-9,12-16,24,26H,2,10-11H2,1H3/b19-15+. The van der Waals surface area contributed by atoms with Crippen LogP contribution < -0.4 is 4.74 Å². The van der Waals surface area contributed by atoms with Gasteiger partial charge in [-0.2, -0.15) is 0 Å². The van der Waals surface area contributed by atoms with Gasteiger partial charge in [0.2, 0.25) is 0 Å². The molecule has 1 aliphatic heterocycles. The van der Waals surface area contributed by atoms with Gasteiger partial charge in [0.25, 0.3) is 0 Å². The van der Waals surface area contributed by atoms with Crippen molar-refractivity contribution >= 4 is 11.8 Å². The first-order valence-corrected chi connectivity index (χ1v) is 9.32. The van der Waals surface area contributed by atoms with E-state index in [2.05, 4.69) is 46.4 Å². The number of rotatable bonds is 7. The van der Waals surface area contributed by atoms with Gasteiger partial charge in [0.15, 0.2) is 0 Å². The first kappa shape index (κ1) is 17.2. The highest BCUT2D eigenvalue weighted by Gasteiger charge is 2.12. The number of allylic oxidation sites excluding steroid dienone is 2. The number of H-pyrrole nitrogens is 2. The molecular weight excluding hydrogens is 334 g/mol. The number of hydrogen-bond acceptors (Lipinski definition) is 2. The molecule has 1 aliphatic rings. The summed E-state index contributed by atoms with van der Waals surface area (Å²) >= 11 is 0. The van der Waals surface area contributed by atoms with E-state index < -0.39 is 0 Å². The molecule has 4 nitrogen and oxygen atoms in total. The Balaban J connectivity index is 1.51. The van der Waals surface area contributed by atoms with Crippen molar-refractivity contribution in [2.45, 2.75) is 19.8 Å². The molecule has 0 fully saturated rings. The number of nitrogens with one attached hydrogen (secondary N) is 2. The number of nitrogens with zero attached hydrogens (tertiary/aromatic N) is 1. The van der Waals surface area contributed by atoms with Crippen molar-refractivity contribution in [2.75, 3.05) is 6.61 Å². The van der Waals surface area contributed by atoms with E-state index in [1.807, 2.05) is 43.5 Å². The van der Waals surface area contributed by atoms with Gasteiger partial charge in [0, 0.05) is 18.0 Å². The largest absolute Gasteiger partial charge is 0.492 e. The molecule has 0 atom stereocenters. The number of aryl methyl sites for hydroxylation is 1. The molecule has 0 radical (unpaired) electrons. The predicted molar refractivity (Wildman–Crippen MR) is 111 cm³/mol. The van der Waals surface area contributed by atoms with Crippen LogP contribution in [0.5, 0.6) is 5.75 Å². The first-order chi connectivity index (χ1) is 13.3. The van der Waals surface area contributed by atoms with Gasteiger partial charge < -0.3 is 14.7 Å². The second-order valence-corrected chi connectivity index (χ2v) is 6.47. The zero-order valence-electron chi connectivity index (χ0n) is 15.4. The minimum atomic E-state index is 0.625. The number of aromatic nitrogens is 2. The minimum Gasteiger partial charge on any atom is -0.492 e. The topological polar surface area (TPSA) is 53.2 Å². The summed E-state index contributed by atoms with van der Waals surface area (Å²) < 4.78 is 5.80. The fourth-order valence-corrected chi connectivity index (χ4v) is 3.18. The third-order valence-corrected chi connectivity index (χ3v) is 4.52. The number of aromatic amines is 2. The lowest BCUT2D eigenvalue weighted by Crippen LogP contribution is -1.94. The molecule has 4 rings (SSSR count). The molecule has 0 unspecified atom stereocenters. The van der Waals surface area contributed by atoms with Crippen molar-refractivity contribution < 1.29 is 4.74 Å². The lowest BCUT2D eigenvalue weighted by Gasteiger charge is -2.01. The second kappa shape index (κ2) is 7.96. The summed E-state index contributed by atoms with van der Waals surface area (Å²) in [5, 5.41) is 0. The van der Waals surface area contributed by atoms with E-state index in [0.717, 1.165) is 47.1 Å². The molecule has 2 aromatic heterocycles. The summed E-state index contributed by atoms with van der Waals surface area (Å²) in [5.74, 6) is 0.843. The molecule has 0 saturated carbocycles. The lowest BCUT2D eigenvalue weighted by atomic mass is 10.1. The van der Waals surface area contributed by atoms with E-state index in [1.54, 1.807) is 0 Å². The number of ether oxygens (including phenoxy) is 1. The Bertz CT molecular complexity index is 976. The summed E-state index contributed by atoms with van der Waals surface area (Å²) in [6.45, 7) is 2.62. The van der Waals surface area contributed by atoms with Crippen molar-refractivity contribution in [2.24, 2.45) is 4.99 Å². The van der Waals surface area contributed by atoms with Crippen molar-refractivity contribution in [1.82, 2.24) is 9.97 Å². The molecule has 0 bridgehead atoms. The maximum atomic E-state index is 5.80. The van der Waals surface area contributed by atoms with Gasteiger partial charge in [-0.1, -0.05) is 30.3 Å².